The van der Waals surface area contributed by atoms with Gasteiger partial charge in [-0.3, -0.25) is 0 Å². The average molecular weight is 341 g/mol. The molecule has 142 valence electrons. The van der Waals surface area contributed by atoms with Gasteiger partial charge >= 0.3 is 5.91 Å². The van der Waals surface area contributed by atoms with E-state index in [1.54, 1.807) is 14.1 Å². The summed E-state index contributed by atoms with van der Waals surface area (Å²) in [6.07, 6.45) is 21.8. The number of hydrogen-bond donors (Lipinski definition) is 1. The van der Waals surface area contributed by atoms with Crippen LogP contribution in [0.1, 0.15) is 96.8 Å². The van der Waals surface area contributed by atoms with E-state index in [9.17, 15) is 4.79 Å². The molecule has 24 heavy (non-hydrogen) atoms. The molecule has 0 bridgehead atoms. The van der Waals surface area contributed by atoms with E-state index in [0.29, 0.717) is 6.42 Å². The monoisotopic (exact) mass is 340 g/mol. The first-order valence-electron chi connectivity index (χ1n) is 10.2. The van der Waals surface area contributed by atoms with Crippen LogP contribution in [0.2, 0.25) is 0 Å². The number of amides is 1. The molecule has 0 radical (unpaired) electrons. The van der Waals surface area contributed by atoms with Gasteiger partial charge in [0.15, 0.2) is 6.73 Å². The Bertz CT molecular complexity index is 324. The van der Waals surface area contributed by atoms with Crippen LogP contribution in [0, 0.1) is 0 Å². The van der Waals surface area contributed by atoms with Crippen LogP contribution in [0.4, 0.5) is 0 Å². The van der Waals surface area contributed by atoms with Crippen LogP contribution in [0.3, 0.4) is 0 Å². The van der Waals surface area contributed by atoms with E-state index in [0.717, 1.165) is 12.8 Å². The van der Waals surface area contributed by atoms with Crippen LogP contribution in [-0.4, -0.2) is 36.3 Å². The molecule has 0 rings (SSSR count). The third-order valence-corrected chi connectivity index (χ3v) is 4.68. The third-order valence-electron chi connectivity index (χ3n) is 4.68. The van der Waals surface area contributed by atoms with E-state index in [4.69, 9.17) is 5.11 Å². The number of hydrogen-bond acceptors (Lipinski definition) is 2. The van der Waals surface area contributed by atoms with E-state index in [1.807, 2.05) is 0 Å². The van der Waals surface area contributed by atoms with Crippen LogP contribution in [0.5, 0.6) is 0 Å². The molecule has 0 saturated heterocycles. The first-order valence-corrected chi connectivity index (χ1v) is 10.2. The number of carbonyl (C=O) groups is 1. The van der Waals surface area contributed by atoms with Crippen LogP contribution < -0.4 is 0 Å². The fourth-order valence-electron chi connectivity index (χ4n) is 2.73. The smallest absolute Gasteiger partial charge is 0.315 e. The molecular weight excluding hydrogens is 298 g/mol. The van der Waals surface area contributed by atoms with Crippen molar-refractivity contribution in [3.8, 4) is 0 Å². The van der Waals surface area contributed by atoms with Gasteiger partial charge in [-0.15, -0.1) is 0 Å². The van der Waals surface area contributed by atoms with Gasteiger partial charge in [0.2, 0.25) is 0 Å². The molecule has 0 aromatic carbocycles. The molecule has 0 aliphatic heterocycles. The van der Waals surface area contributed by atoms with Crippen molar-refractivity contribution in [3.05, 3.63) is 12.2 Å². The first-order chi connectivity index (χ1) is 11.5. The normalized spacial score (nSPS) is 12.2. The second kappa shape index (κ2) is 15.8. The Kier molecular flexibility index (Phi) is 15.4. The Morgan fingerprint density at radius 1 is 0.792 bits per heavy atom. The molecule has 0 aliphatic rings. The quantitative estimate of drug-likeness (QED) is 0.172. The molecule has 3 nitrogen and oxygen atoms in total. The minimum absolute atomic E-state index is 0.0867. The van der Waals surface area contributed by atoms with Gasteiger partial charge in [-0.2, -0.15) is 0 Å². The van der Waals surface area contributed by atoms with Crippen molar-refractivity contribution < 1.29 is 14.4 Å². The number of aliphatic hydroxyl groups excluding tert-OH is 1. The summed E-state index contributed by atoms with van der Waals surface area (Å²) >= 11 is 0. The fraction of sp³-hybridized carbons (Fsp3) is 0.857. The zero-order valence-electron chi connectivity index (χ0n) is 16.6. The fourth-order valence-corrected chi connectivity index (χ4v) is 2.73. The van der Waals surface area contributed by atoms with Crippen molar-refractivity contribution >= 4 is 5.91 Å². The predicted molar refractivity (Wildman–Crippen MR) is 104 cm³/mol. The standard InChI is InChI=1S/C21H42NO2/c1-4-5-6-7-8-9-10-11-12-13-14-15-16-17-18-19-21(24)22(2,3)20-23/h11-12,23H,4-10,13-20H2,1-3H3/q+1. The summed E-state index contributed by atoms with van der Waals surface area (Å²) in [5.41, 5.74) is 0. The van der Waals surface area contributed by atoms with E-state index in [1.165, 1.54) is 70.6 Å². The maximum Gasteiger partial charge on any atom is 0.315 e. The van der Waals surface area contributed by atoms with Gasteiger partial charge in [-0.1, -0.05) is 70.4 Å². The van der Waals surface area contributed by atoms with Gasteiger partial charge in [0.25, 0.3) is 0 Å². The molecule has 1 N–H and O–H groups in total. The summed E-state index contributed by atoms with van der Waals surface area (Å²) in [7, 11) is 3.53. The minimum Gasteiger partial charge on any atom is -0.347 e. The van der Waals surface area contributed by atoms with Gasteiger partial charge < -0.3 is 5.11 Å². The average Bonchev–Trinajstić information content (AvgIpc) is 2.58. The number of quaternary nitrogens is 1. The van der Waals surface area contributed by atoms with Crippen molar-refractivity contribution in [3.63, 3.8) is 0 Å². The summed E-state index contributed by atoms with van der Waals surface area (Å²) in [4.78, 5) is 11.8. The molecule has 1 amide bonds. The van der Waals surface area contributed by atoms with E-state index in [2.05, 4.69) is 19.1 Å². The van der Waals surface area contributed by atoms with Crippen LogP contribution in [0.15, 0.2) is 12.2 Å². The lowest BCUT2D eigenvalue weighted by Crippen LogP contribution is -2.45. The summed E-state index contributed by atoms with van der Waals surface area (Å²) in [5, 5.41) is 9.13. The van der Waals surface area contributed by atoms with Crippen LogP contribution in [0.25, 0.3) is 0 Å². The van der Waals surface area contributed by atoms with E-state index in [-0.39, 0.29) is 17.1 Å². The zero-order chi connectivity index (χ0) is 18.1. The maximum atomic E-state index is 11.8. The van der Waals surface area contributed by atoms with Gasteiger partial charge in [0.05, 0.1) is 20.5 Å². The molecule has 0 spiro atoms. The van der Waals surface area contributed by atoms with Crippen molar-refractivity contribution in [2.45, 2.75) is 96.8 Å². The number of rotatable bonds is 16. The van der Waals surface area contributed by atoms with E-state index < -0.39 is 0 Å². The van der Waals surface area contributed by atoms with E-state index >= 15 is 0 Å². The van der Waals surface area contributed by atoms with Crippen molar-refractivity contribution in [2.24, 2.45) is 0 Å². The molecule has 0 aliphatic carbocycles. The molecule has 0 aromatic heterocycles. The molecule has 0 unspecified atom stereocenters. The van der Waals surface area contributed by atoms with Crippen molar-refractivity contribution in [1.82, 2.24) is 0 Å². The number of allylic oxidation sites excluding steroid dienone is 2. The maximum absolute atomic E-state index is 11.8. The Morgan fingerprint density at radius 3 is 1.75 bits per heavy atom. The zero-order valence-corrected chi connectivity index (χ0v) is 16.6. The largest absolute Gasteiger partial charge is 0.347 e. The topological polar surface area (TPSA) is 37.3 Å². The highest BCUT2D eigenvalue weighted by molar-refractivity contribution is 5.68. The van der Waals surface area contributed by atoms with Gasteiger partial charge in [-0.05, 0) is 32.1 Å². The summed E-state index contributed by atoms with van der Waals surface area (Å²) < 4.78 is 0.0867. The number of carbonyl (C=O) groups excluding carboxylic acids is 1. The predicted octanol–water partition coefficient (Wildman–Crippen LogP) is 5.58. The highest BCUT2D eigenvalue weighted by Crippen LogP contribution is 2.11. The van der Waals surface area contributed by atoms with Crippen molar-refractivity contribution in [1.29, 1.82) is 0 Å². The summed E-state index contributed by atoms with van der Waals surface area (Å²) in [5.74, 6) is 0.134. The summed E-state index contributed by atoms with van der Waals surface area (Å²) in [6.45, 7) is 2.16. The van der Waals surface area contributed by atoms with Crippen LogP contribution >= 0.6 is 0 Å². The van der Waals surface area contributed by atoms with Gasteiger partial charge in [0, 0.05) is 0 Å². The third kappa shape index (κ3) is 13.7. The lowest BCUT2D eigenvalue weighted by Gasteiger charge is -2.23. The Morgan fingerprint density at radius 2 is 1.25 bits per heavy atom. The molecule has 0 fully saturated rings. The Hall–Kier alpha value is -0.670. The number of nitrogens with zero attached hydrogens (tertiary/aromatic N) is 1. The SMILES string of the molecule is CCCCCCCCC=CCCCCCCCC(=O)[N+](C)(C)CO. The van der Waals surface area contributed by atoms with Gasteiger partial charge in [0.1, 0.15) is 0 Å². The highest BCUT2D eigenvalue weighted by Gasteiger charge is 2.23. The highest BCUT2D eigenvalue weighted by atomic mass is 16.3. The second-order valence-corrected chi connectivity index (χ2v) is 7.55. The molecule has 0 heterocycles. The molecule has 0 saturated carbocycles. The van der Waals surface area contributed by atoms with Gasteiger partial charge in [-0.25, -0.2) is 9.28 Å². The Balaban J connectivity index is 3.30. The summed E-state index contributed by atoms with van der Waals surface area (Å²) in [6, 6.07) is 0. The molecule has 0 aromatic rings. The van der Waals surface area contributed by atoms with Crippen LogP contribution in [-0.2, 0) is 4.79 Å². The molecular formula is C21H42NO2+. The lowest BCUT2D eigenvalue weighted by molar-refractivity contribution is -0.835. The number of aliphatic hydroxyl groups is 1. The Labute approximate surface area is 150 Å². The molecule has 0 atom stereocenters. The molecule has 3 heteroatoms. The number of unbranched alkanes of at least 4 members (excludes halogenated alkanes) is 11. The first kappa shape index (κ1) is 23.3. The minimum atomic E-state index is -0.107. The lowest BCUT2D eigenvalue weighted by atomic mass is 10.1. The van der Waals surface area contributed by atoms with Crippen molar-refractivity contribution in [2.75, 3.05) is 20.8 Å². The second-order valence-electron chi connectivity index (χ2n) is 7.55.